The smallest absolute Gasteiger partial charge is 0.224 e. The van der Waals surface area contributed by atoms with Gasteiger partial charge in [-0.3, -0.25) is 4.79 Å². The maximum absolute atomic E-state index is 13.0. The van der Waals surface area contributed by atoms with Crippen LogP contribution in [0.1, 0.15) is 61.3 Å². The summed E-state index contributed by atoms with van der Waals surface area (Å²) in [6.07, 6.45) is 4.44. The largest absolute Gasteiger partial charge is 0.349 e. The molecule has 3 rings (SSSR count). The van der Waals surface area contributed by atoms with Gasteiger partial charge in [-0.25, -0.2) is 0 Å². The summed E-state index contributed by atoms with van der Waals surface area (Å²) < 4.78 is 0. The van der Waals surface area contributed by atoms with Gasteiger partial charge in [0.15, 0.2) is 0 Å². The standard InChI is InChI=1S/C22H26BrNO/c1-16(18-7-3-2-4-8-18)24-22(25)21-10-6-5-9-20(21)19-13-11-17(15-23)12-14-19/h2-4,7-8,11-14,16,20-21H,5-6,9-10,15H2,1H3,(H,24,25)/t16-,20?,21-/m0/s1. The van der Waals surface area contributed by atoms with E-state index < -0.39 is 0 Å². The van der Waals surface area contributed by atoms with Gasteiger partial charge >= 0.3 is 0 Å². The molecule has 1 aliphatic rings. The van der Waals surface area contributed by atoms with Crippen molar-refractivity contribution < 1.29 is 4.79 Å². The Morgan fingerprint density at radius 2 is 1.76 bits per heavy atom. The number of carbonyl (C=O) groups is 1. The van der Waals surface area contributed by atoms with Gasteiger partial charge in [0.1, 0.15) is 0 Å². The van der Waals surface area contributed by atoms with Gasteiger partial charge in [0.2, 0.25) is 5.91 Å². The predicted molar refractivity (Wildman–Crippen MR) is 107 cm³/mol. The molecule has 1 amide bonds. The van der Waals surface area contributed by atoms with E-state index in [-0.39, 0.29) is 17.9 Å². The van der Waals surface area contributed by atoms with Gasteiger partial charge in [-0.2, -0.15) is 0 Å². The van der Waals surface area contributed by atoms with Crippen LogP contribution in [0.15, 0.2) is 54.6 Å². The van der Waals surface area contributed by atoms with Gasteiger partial charge in [-0.15, -0.1) is 0 Å². The third-order valence-electron chi connectivity index (χ3n) is 5.32. The van der Waals surface area contributed by atoms with E-state index in [9.17, 15) is 4.79 Å². The van der Waals surface area contributed by atoms with Crippen LogP contribution in [0.25, 0.3) is 0 Å². The number of nitrogens with one attached hydrogen (secondary N) is 1. The first-order chi connectivity index (χ1) is 12.2. The van der Waals surface area contributed by atoms with Gasteiger partial charge in [0.25, 0.3) is 0 Å². The molecule has 25 heavy (non-hydrogen) atoms. The third kappa shape index (κ3) is 4.52. The van der Waals surface area contributed by atoms with Crippen molar-refractivity contribution in [1.29, 1.82) is 0 Å². The van der Waals surface area contributed by atoms with Crippen molar-refractivity contribution in [3.05, 3.63) is 71.3 Å². The van der Waals surface area contributed by atoms with Crippen LogP contribution in [0.2, 0.25) is 0 Å². The molecule has 2 aromatic carbocycles. The lowest BCUT2D eigenvalue weighted by Gasteiger charge is -2.32. The first kappa shape index (κ1) is 18.2. The first-order valence-corrected chi connectivity index (χ1v) is 10.3. The van der Waals surface area contributed by atoms with Gasteiger partial charge in [0.05, 0.1) is 6.04 Å². The number of carbonyl (C=O) groups excluding carboxylic acids is 1. The van der Waals surface area contributed by atoms with E-state index in [1.54, 1.807) is 0 Å². The van der Waals surface area contributed by atoms with Crippen molar-refractivity contribution >= 4 is 21.8 Å². The number of alkyl halides is 1. The van der Waals surface area contributed by atoms with Crippen molar-refractivity contribution in [2.24, 2.45) is 5.92 Å². The average Bonchev–Trinajstić information content (AvgIpc) is 2.68. The Bertz CT molecular complexity index is 683. The molecular formula is C22H26BrNO. The molecule has 0 radical (unpaired) electrons. The maximum atomic E-state index is 13.0. The molecule has 0 aromatic heterocycles. The SMILES string of the molecule is C[C@H](NC(=O)[C@H]1CCCCC1c1ccc(CBr)cc1)c1ccccc1. The monoisotopic (exact) mass is 399 g/mol. The van der Waals surface area contributed by atoms with Crippen LogP contribution in [0.5, 0.6) is 0 Å². The quantitative estimate of drug-likeness (QED) is 0.638. The Balaban J connectivity index is 1.72. The fourth-order valence-electron chi connectivity index (χ4n) is 3.84. The average molecular weight is 400 g/mol. The van der Waals surface area contributed by atoms with E-state index in [2.05, 4.69) is 64.6 Å². The lowest BCUT2D eigenvalue weighted by atomic mass is 9.75. The molecule has 132 valence electrons. The minimum absolute atomic E-state index is 0.0482. The topological polar surface area (TPSA) is 29.1 Å². The summed E-state index contributed by atoms with van der Waals surface area (Å²) in [5, 5.41) is 4.11. The zero-order valence-electron chi connectivity index (χ0n) is 14.7. The summed E-state index contributed by atoms with van der Waals surface area (Å²) >= 11 is 3.50. The maximum Gasteiger partial charge on any atom is 0.224 e. The van der Waals surface area contributed by atoms with Crippen LogP contribution in [0, 0.1) is 5.92 Å². The van der Waals surface area contributed by atoms with Gasteiger partial charge in [0, 0.05) is 11.2 Å². The summed E-state index contributed by atoms with van der Waals surface area (Å²) in [7, 11) is 0. The Labute approximate surface area is 159 Å². The van der Waals surface area contributed by atoms with E-state index in [4.69, 9.17) is 0 Å². The summed E-state index contributed by atoms with van der Waals surface area (Å²) in [5.74, 6) is 0.612. The van der Waals surface area contributed by atoms with Crippen molar-refractivity contribution in [1.82, 2.24) is 5.32 Å². The first-order valence-electron chi connectivity index (χ1n) is 9.19. The zero-order valence-corrected chi connectivity index (χ0v) is 16.3. The van der Waals surface area contributed by atoms with E-state index in [1.165, 1.54) is 17.5 Å². The second kappa shape index (κ2) is 8.66. The molecule has 1 N–H and O–H groups in total. The van der Waals surface area contributed by atoms with Crippen molar-refractivity contribution in [2.45, 2.75) is 49.9 Å². The lowest BCUT2D eigenvalue weighted by Crippen LogP contribution is -2.37. The van der Waals surface area contributed by atoms with Crippen LogP contribution >= 0.6 is 15.9 Å². The minimum atomic E-state index is 0.0482. The van der Waals surface area contributed by atoms with E-state index in [0.29, 0.717) is 5.92 Å². The van der Waals surface area contributed by atoms with Crippen molar-refractivity contribution in [2.75, 3.05) is 0 Å². The molecule has 0 heterocycles. The van der Waals surface area contributed by atoms with Crippen molar-refractivity contribution in [3.8, 4) is 0 Å². The van der Waals surface area contributed by atoms with Gasteiger partial charge < -0.3 is 5.32 Å². The Kier molecular flexibility index (Phi) is 6.30. The predicted octanol–water partition coefficient (Wildman–Crippen LogP) is 5.73. The molecule has 1 aliphatic carbocycles. The van der Waals surface area contributed by atoms with Crippen LogP contribution in [-0.4, -0.2) is 5.91 Å². The second-order valence-electron chi connectivity index (χ2n) is 7.01. The van der Waals surface area contributed by atoms with E-state index in [0.717, 1.165) is 30.2 Å². The molecule has 1 saturated carbocycles. The molecule has 2 nitrogen and oxygen atoms in total. The second-order valence-corrected chi connectivity index (χ2v) is 7.57. The van der Waals surface area contributed by atoms with Crippen LogP contribution < -0.4 is 5.32 Å². The Morgan fingerprint density at radius 3 is 2.44 bits per heavy atom. The number of amides is 1. The number of benzene rings is 2. The van der Waals surface area contributed by atoms with Gasteiger partial charge in [-0.1, -0.05) is 83.4 Å². The minimum Gasteiger partial charge on any atom is -0.349 e. The summed E-state index contributed by atoms with van der Waals surface area (Å²) in [6.45, 7) is 2.07. The highest BCUT2D eigenvalue weighted by Crippen LogP contribution is 2.38. The highest BCUT2D eigenvalue weighted by Gasteiger charge is 2.32. The highest BCUT2D eigenvalue weighted by molar-refractivity contribution is 9.08. The molecule has 0 bridgehead atoms. The molecule has 1 unspecified atom stereocenters. The molecule has 3 atom stereocenters. The number of hydrogen-bond acceptors (Lipinski definition) is 1. The summed E-state index contributed by atoms with van der Waals surface area (Å²) in [6, 6.07) is 19.0. The number of hydrogen-bond donors (Lipinski definition) is 1. The van der Waals surface area contributed by atoms with E-state index in [1.807, 2.05) is 18.2 Å². The number of halogens is 1. The normalized spacial score (nSPS) is 21.5. The molecule has 0 spiro atoms. The number of rotatable bonds is 5. The molecule has 0 aliphatic heterocycles. The fourth-order valence-corrected chi connectivity index (χ4v) is 4.22. The third-order valence-corrected chi connectivity index (χ3v) is 5.97. The highest BCUT2D eigenvalue weighted by atomic mass is 79.9. The van der Waals surface area contributed by atoms with Crippen LogP contribution in [0.3, 0.4) is 0 Å². The summed E-state index contributed by atoms with van der Waals surface area (Å²) in [5.41, 5.74) is 3.74. The van der Waals surface area contributed by atoms with Gasteiger partial charge in [-0.05, 0) is 42.4 Å². The molecule has 3 heteroatoms. The molecule has 1 fully saturated rings. The molecule has 0 saturated heterocycles. The van der Waals surface area contributed by atoms with Crippen molar-refractivity contribution in [3.63, 3.8) is 0 Å². The summed E-state index contributed by atoms with van der Waals surface area (Å²) in [4.78, 5) is 13.0. The van der Waals surface area contributed by atoms with Crippen LogP contribution in [0.4, 0.5) is 0 Å². The lowest BCUT2D eigenvalue weighted by molar-refractivity contribution is -0.127. The zero-order chi connectivity index (χ0) is 17.6. The fraction of sp³-hybridized carbons (Fsp3) is 0.409. The Morgan fingerprint density at radius 1 is 1.08 bits per heavy atom. The molecule has 2 aromatic rings. The molecular weight excluding hydrogens is 374 g/mol. The van der Waals surface area contributed by atoms with Crippen LogP contribution in [-0.2, 0) is 10.1 Å². The van der Waals surface area contributed by atoms with E-state index >= 15 is 0 Å². The Hall–Kier alpha value is -1.61.